The molecule has 0 aromatic rings. The van der Waals surface area contributed by atoms with Crippen molar-refractivity contribution in [2.45, 2.75) is 104 Å². The molecule has 5 heteroatoms. The molecule has 7 atom stereocenters. The highest BCUT2D eigenvalue weighted by Crippen LogP contribution is 2.46. The van der Waals surface area contributed by atoms with Gasteiger partial charge in [-0.25, -0.2) is 0 Å². The Morgan fingerprint density at radius 2 is 1.84 bits per heavy atom. The molecule has 180 valence electrons. The van der Waals surface area contributed by atoms with Gasteiger partial charge in [0.25, 0.3) is 0 Å². The number of aliphatic hydroxyl groups is 1. The molecule has 0 bridgehead atoms. The van der Waals surface area contributed by atoms with Crippen molar-refractivity contribution in [3.63, 3.8) is 0 Å². The molecule has 1 saturated heterocycles. The monoisotopic (exact) mass is 446 g/mol. The zero-order valence-corrected chi connectivity index (χ0v) is 20.5. The third-order valence-corrected chi connectivity index (χ3v) is 8.37. The maximum Gasteiger partial charge on any atom is 0.312 e. The van der Waals surface area contributed by atoms with Crippen LogP contribution in [-0.4, -0.2) is 35.4 Å². The summed E-state index contributed by atoms with van der Waals surface area (Å²) in [7, 11) is 0. The number of rotatable bonds is 8. The molecule has 32 heavy (non-hydrogen) atoms. The van der Waals surface area contributed by atoms with Crippen molar-refractivity contribution in [2.24, 2.45) is 29.1 Å². The number of esters is 2. The number of carbonyl (C=O) groups is 2. The van der Waals surface area contributed by atoms with Gasteiger partial charge in [0, 0.05) is 12.3 Å². The van der Waals surface area contributed by atoms with E-state index in [0.717, 1.165) is 38.5 Å². The molecule has 0 spiro atoms. The van der Waals surface area contributed by atoms with E-state index in [0.29, 0.717) is 24.2 Å². The molecule has 5 nitrogen and oxygen atoms in total. The zero-order valence-electron chi connectivity index (χ0n) is 20.5. The summed E-state index contributed by atoms with van der Waals surface area (Å²) >= 11 is 0. The van der Waals surface area contributed by atoms with Gasteiger partial charge in [0.1, 0.15) is 12.2 Å². The standard InChI is InChI=1S/C27H42O5/c1-6-27(7-2,8-3)26(30)32-23-14-17(4)13-19-10-9-18(5)22(25(19)23)12-11-21-15-20(28)16-24(29)31-21/h9-10,13,17-18,20-23,25,28H,6-8,11-12,14-16H2,1-5H3/t17-,18-,20-,21-,22-,23+,25-/m1/s1. The SMILES string of the molecule is CCC(CC)(CC)C(=O)O[C@H]1C[C@H](C)C=C2C=C[C@@H](C)[C@@H](CC[C@@H]3C[C@@H](O)CC(=O)O3)[C@@H]21. The quantitative estimate of drug-likeness (QED) is 0.508. The van der Waals surface area contributed by atoms with Crippen LogP contribution >= 0.6 is 0 Å². The van der Waals surface area contributed by atoms with Crippen molar-refractivity contribution in [3.05, 3.63) is 23.8 Å². The topological polar surface area (TPSA) is 72.8 Å². The van der Waals surface area contributed by atoms with Crippen molar-refractivity contribution in [2.75, 3.05) is 0 Å². The fraction of sp³-hybridized carbons (Fsp3) is 0.778. The number of hydrogen-bond acceptors (Lipinski definition) is 5. The minimum Gasteiger partial charge on any atom is -0.462 e. The fourth-order valence-corrected chi connectivity index (χ4v) is 6.08. The molecule has 0 aromatic heterocycles. The van der Waals surface area contributed by atoms with Gasteiger partial charge in [0.05, 0.1) is 17.9 Å². The second kappa shape index (κ2) is 10.5. The molecule has 0 unspecified atom stereocenters. The van der Waals surface area contributed by atoms with Gasteiger partial charge in [-0.1, -0.05) is 52.8 Å². The first-order valence-corrected chi connectivity index (χ1v) is 12.7. The summed E-state index contributed by atoms with van der Waals surface area (Å²) in [6, 6.07) is 0. The van der Waals surface area contributed by atoms with Crippen LogP contribution in [0.15, 0.2) is 23.8 Å². The lowest BCUT2D eigenvalue weighted by molar-refractivity contribution is -0.168. The van der Waals surface area contributed by atoms with Crippen LogP contribution in [0.3, 0.4) is 0 Å². The Bertz CT molecular complexity index is 726. The summed E-state index contributed by atoms with van der Waals surface area (Å²) in [5.74, 6) is 0.847. The normalized spacial score (nSPS) is 35.0. The van der Waals surface area contributed by atoms with E-state index in [9.17, 15) is 14.7 Å². The molecule has 1 heterocycles. The maximum atomic E-state index is 13.3. The van der Waals surface area contributed by atoms with Gasteiger partial charge in [-0.2, -0.15) is 0 Å². The smallest absolute Gasteiger partial charge is 0.312 e. The first-order valence-electron chi connectivity index (χ1n) is 12.7. The number of fused-ring (bicyclic) bond motifs is 1. The molecule has 1 aliphatic heterocycles. The molecule has 1 fully saturated rings. The molecule has 2 aliphatic carbocycles. The van der Waals surface area contributed by atoms with E-state index in [-0.39, 0.29) is 36.5 Å². The van der Waals surface area contributed by atoms with Crippen molar-refractivity contribution in [1.29, 1.82) is 0 Å². The summed E-state index contributed by atoms with van der Waals surface area (Å²) in [6.07, 6.45) is 11.3. The Morgan fingerprint density at radius 3 is 2.47 bits per heavy atom. The van der Waals surface area contributed by atoms with E-state index in [1.54, 1.807) is 0 Å². The van der Waals surface area contributed by atoms with Crippen LogP contribution in [0.4, 0.5) is 0 Å². The summed E-state index contributed by atoms with van der Waals surface area (Å²) in [6.45, 7) is 10.7. The molecular weight excluding hydrogens is 404 g/mol. The molecular formula is C27H42O5. The van der Waals surface area contributed by atoms with E-state index in [4.69, 9.17) is 9.47 Å². The van der Waals surface area contributed by atoms with Crippen molar-refractivity contribution in [1.82, 2.24) is 0 Å². The number of allylic oxidation sites excluding steroid dienone is 3. The zero-order chi connectivity index (χ0) is 23.5. The largest absolute Gasteiger partial charge is 0.462 e. The number of aliphatic hydroxyl groups excluding tert-OH is 1. The minimum atomic E-state index is -0.602. The van der Waals surface area contributed by atoms with Gasteiger partial charge in [0.2, 0.25) is 0 Å². The predicted octanol–water partition coefficient (Wildman–Crippen LogP) is 5.37. The Morgan fingerprint density at radius 1 is 1.16 bits per heavy atom. The van der Waals surface area contributed by atoms with Crippen LogP contribution in [0.2, 0.25) is 0 Å². The Balaban J connectivity index is 1.78. The van der Waals surface area contributed by atoms with Crippen molar-refractivity contribution < 1.29 is 24.2 Å². The lowest BCUT2D eigenvalue weighted by Crippen LogP contribution is -2.44. The second-order valence-corrected chi connectivity index (χ2v) is 10.4. The molecule has 1 N–H and O–H groups in total. The molecule has 3 rings (SSSR count). The van der Waals surface area contributed by atoms with E-state index >= 15 is 0 Å². The average Bonchev–Trinajstić information content (AvgIpc) is 2.74. The maximum absolute atomic E-state index is 13.3. The summed E-state index contributed by atoms with van der Waals surface area (Å²) < 4.78 is 11.8. The molecule has 0 amide bonds. The highest BCUT2D eigenvalue weighted by Gasteiger charge is 2.44. The first kappa shape index (κ1) is 25.0. The Kier molecular flexibility index (Phi) is 8.24. The van der Waals surface area contributed by atoms with Gasteiger partial charge < -0.3 is 14.6 Å². The van der Waals surface area contributed by atoms with Crippen LogP contribution in [0.25, 0.3) is 0 Å². The number of cyclic esters (lactones) is 1. The van der Waals surface area contributed by atoms with Crippen LogP contribution < -0.4 is 0 Å². The second-order valence-electron chi connectivity index (χ2n) is 10.4. The Hall–Kier alpha value is -1.62. The lowest BCUT2D eigenvalue weighted by Gasteiger charge is -2.44. The van der Waals surface area contributed by atoms with Crippen LogP contribution in [0, 0.1) is 29.1 Å². The molecule has 0 saturated carbocycles. The van der Waals surface area contributed by atoms with E-state index in [2.05, 4.69) is 52.8 Å². The summed E-state index contributed by atoms with van der Waals surface area (Å²) in [4.78, 5) is 25.1. The summed E-state index contributed by atoms with van der Waals surface area (Å²) in [5.41, 5.74) is 0.878. The predicted molar refractivity (Wildman–Crippen MR) is 125 cm³/mol. The highest BCUT2D eigenvalue weighted by atomic mass is 16.6. The minimum absolute atomic E-state index is 0.0475. The van der Waals surface area contributed by atoms with E-state index in [1.165, 1.54) is 5.57 Å². The van der Waals surface area contributed by atoms with Gasteiger partial charge >= 0.3 is 11.9 Å². The summed E-state index contributed by atoms with van der Waals surface area (Å²) in [5, 5.41) is 9.96. The van der Waals surface area contributed by atoms with Gasteiger partial charge in [-0.15, -0.1) is 0 Å². The number of carbonyl (C=O) groups excluding carboxylic acids is 2. The van der Waals surface area contributed by atoms with Crippen LogP contribution in [-0.2, 0) is 19.1 Å². The number of hydrogen-bond donors (Lipinski definition) is 1. The van der Waals surface area contributed by atoms with Crippen molar-refractivity contribution in [3.8, 4) is 0 Å². The van der Waals surface area contributed by atoms with Crippen LogP contribution in [0.1, 0.15) is 86.0 Å². The van der Waals surface area contributed by atoms with E-state index < -0.39 is 11.5 Å². The fourth-order valence-electron chi connectivity index (χ4n) is 6.08. The van der Waals surface area contributed by atoms with Gasteiger partial charge in [-0.3, -0.25) is 9.59 Å². The van der Waals surface area contributed by atoms with Crippen LogP contribution in [0.5, 0.6) is 0 Å². The molecule has 0 aromatic carbocycles. The third kappa shape index (κ3) is 5.30. The average molecular weight is 447 g/mol. The lowest BCUT2D eigenvalue weighted by atomic mass is 9.65. The van der Waals surface area contributed by atoms with Gasteiger partial charge in [0.15, 0.2) is 0 Å². The first-order chi connectivity index (χ1) is 15.2. The molecule has 3 aliphatic rings. The third-order valence-electron chi connectivity index (χ3n) is 8.37. The Labute approximate surface area is 193 Å². The molecule has 0 radical (unpaired) electrons. The van der Waals surface area contributed by atoms with Gasteiger partial charge in [-0.05, 0) is 61.9 Å². The van der Waals surface area contributed by atoms with Crippen molar-refractivity contribution >= 4 is 11.9 Å². The number of ether oxygens (including phenoxy) is 2. The highest BCUT2D eigenvalue weighted by molar-refractivity contribution is 5.77. The van der Waals surface area contributed by atoms with E-state index in [1.807, 2.05) is 0 Å².